The summed E-state index contributed by atoms with van der Waals surface area (Å²) in [5.74, 6) is -0.278. The Hall–Kier alpha value is -1.73. The number of aliphatic hydroxyl groups excluding tert-OH is 11. The van der Waals surface area contributed by atoms with Crippen molar-refractivity contribution in [2.45, 2.75) is 362 Å². The van der Waals surface area contributed by atoms with Gasteiger partial charge in [0.05, 0.1) is 38.6 Å². The third kappa shape index (κ3) is 31.7. The number of hydrogen-bond acceptors (Lipinski definition) is 18. The minimum Gasteiger partial charge on any atom is -0.394 e. The molecule has 0 aromatic rings. The van der Waals surface area contributed by atoms with Crippen LogP contribution in [0.1, 0.15) is 258 Å². The van der Waals surface area contributed by atoms with Crippen molar-refractivity contribution < 1.29 is 89.4 Å². The molecule has 3 aliphatic heterocycles. The Morgan fingerprint density at radius 1 is 0.412 bits per heavy atom. The van der Waals surface area contributed by atoms with Gasteiger partial charge in [0.25, 0.3) is 0 Å². The molecule has 19 nitrogen and oxygen atoms in total. The fourth-order valence-electron chi connectivity index (χ4n) is 11.7. The molecule has 3 rings (SSSR count). The van der Waals surface area contributed by atoms with Gasteiger partial charge in [-0.15, -0.1) is 0 Å². The van der Waals surface area contributed by atoms with E-state index >= 15 is 0 Å². The summed E-state index contributed by atoms with van der Waals surface area (Å²) >= 11 is 0. The lowest BCUT2D eigenvalue weighted by atomic mass is 9.96. The maximum atomic E-state index is 13.4. The standard InChI is InChI=1S/C66H123NO18/c1-3-5-7-9-11-13-15-17-19-21-22-23-24-25-26-28-29-31-33-35-37-39-41-43-50(71)49(67-54(72)44-42-40-38-36-34-32-30-27-20-18-16-14-12-10-8-6-4-2)48-80-64-60(78)57(75)62(52(46-69)82-64)85-66-61(79)58(76)63(53(47-70)83-66)84-65-59(77)56(74)55(73)51(45-68)81-65/h18,20,41,43,49-53,55-66,68-71,73-79H,3-17,19,21-40,42,44-48H2,1-2H3,(H,67,72)/b20-18-,43-41+. The third-order valence-electron chi connectivity index (χ3n) is 17.2. The highest BCUT2D eigenvalue weighted by Crippen LogP contribution is 2.33. The minimum absolute atomic E-state index is 0.240. The molecule has 3 aliphatic rings. The average Bonchev–Trinajstić information content (AvgIpc) is 3.10. The molecular formula is C66H123NO18. The van der Waals surface area contributed by atoms with Gasteiger partial charge in [0.2, 0.25) is 5.91 Å². The Bertz CT molecular complexity index is 1640. The summed E-state index contributed by atoms with van der Waals surface area (Å²) in [6.45, 7) is 1.75. The fourth-order valence-corrected chi connectivity index (χ4v) is 11.7. The second kappa shape index (κ2) is 49.0. The zero-order chi connectivity index (χ0) is 61.9. The van der Waals surface area contributed by atoms with Crippen LogP contribution in [-0.4, -0.2) is 193 Å². The smallest absolute Gasteiger partial charge is 0.220 e. The van der Waals surface area contributed by atoms with Gasteiger partial charge in [-0.3, -0.25) is 4.79 Å². The molecule has 0 aromatic carbocycles. The number of hydrogen-bond donors (Lipinski definition) is 12. The molecule has 17 unspecified atom stereocenters. The number of rotatable bonds is 52. The molecule has 3 saturated heterocycles. The van der Waals surface area contributed by atoms with Crippen LogP contribution in [0.3, 0.4) is 0 Å². The molecular weight excluding hydrogens is 1090 g/mol. The number of carbonyl (C=O) groups is 1. The van der Waals surface area contributed by atoms with E-state index in [-0.39, 0.29) is 18.9 Å². The van der Waals surface area contributed by atoms with E-state index in [0.29, 0.717) is 6.42 Å². The van der Waals surface area contributed by atoms with Crippen LogP contribution < -0.4 is 5.32 Å². The molecule has 0 bridgehead atoms. The number of carbonyl (C=O) groups excluding carboxylic acids is 1. The van der Waals surface area contributed by atoms with Crippen LogP contribution in [0.5, 0.6) is 0 Å². The average molecular weight is 1220 g/mol. The van der Waals surface area contributed by atoms with Crippen molar-refractivity contribution in [1.82, 2.24) is 5.32 Å². The van der Waals surface area contributed by atoms with Gasteiger partial charge in [-0.1, -0.05) is 231 Å². The lowest BCUT2D eigenvalue weighted by molar-refractivity contribution is -0.379. The Balaban J connectivity index is 1.46. The molecule has 17 atom stereocenters. The van der Waals surface area contributed by atoms with E-state index in [1.165, 1.54) is 173 Å². The van der Waals surface area contributed by atoms with Crippen molar-refractivity contribution in [3.63, 3.8) is 0 Å². The molecule has 3 fully saturated rings. The van der Waals surface area contributed by atoms with Crippen LogP contribution in [0.15, 0.2) is 24.3 Å². The first-order valence-corrected chi connectivity index (χ1v) is 34.1. The van der Waals surface area contributed by atoms with Gasteiger partial charge >= 0.3 is 0 Å². The van der Waals surface area contributed by atoms with Crippen molar-refractivity contribution in [3.8, 4) is 0 Å². The molecule has 0 aliphatic carbocycles. The van der Waals surface area contributed by atoms with Gasteiger partial charge in [0.15, 0.2) is 18.9 Å². The number of nitrogens with one attached hydrogen (secondary N) is 1. The van der Waals surface area contributed by atoms with Crippen molar-refractivity contribution in [3.05, 3.63) is 24.3 Å². The van der Waals surface area contributed by atoms with Crippen LogP contribution in [0.4, 0.5) is 0 Å². The molecule has 0 aromatic heterocycles. The third-order valence-corrected chi connectivity index (χ3v) is 17.2. The highest BCUT2D eigenvalue weighted by atomic mass is 16.8. The zero-order valence-electron chi connectivity index (χ0n) is 52.6. The molecule has 0 saturated carbocycles. The van der Waals surface area contributed by atoms with Crippen molar-refractivity contribution in [2.24, 2.45) is 0 Å². The Morgan fingerprint density at radius 3 is 1.14 bits per heavy atom. The molecule has 3 heterocycles. The molecule has 19 heteroatoms. The van der Waals surface area contributed by atoms with Crippen LogP contribution in [0, 0.1) is 0 Å². The number of ether oxygens (including phenoxy) is 6. The summed E-state index contributed by atoms with van der Waals surface area (Å²) < 4.78 is 34.3. The Labute approximate surface area is 511 Å². The van der Waals surface area contributed by atoms with Crippen LogP contribution in [0.25, 0.3) is 0 Å². The van der Waals surface area contributed by atoms with E-state index in [1.54, 1.807) is 6.08 Å². The van der Waals surface area contributed by atoms with Crippen molar-refractivity contribution in [1.29, 1.82) is 0 Å². The molecule has 500 valence electrons. The van der Waals surface area contributed by atoms with E-state index in [1.807, 2.05) is 6.08 Å². The number of aliphatic hydroxyl groups is 11. The van der Waals surface area contributed by atoms with E-state index in [9.17, 15) is 61.0 Å². The van der Waals surface area contributed by atoms with Gasteiger partial charge in [-0.05, 0) is 44.9 Å². The largest absolute Gasteiger partial charge is 0.394 e. The molecule has 0 spiro atoms. The van der Waals surface area contributed by atoms with Gasteiger partial charge in [-0.25, -0.2) is 0 Å². The van der Waals surface area contributed by atoms with Crippen molar-refractivity contribution in [2.75, 3.05) is 26.4 Å². The first kappa shape index (κ1) is 77.5. The first-order valence-electron chi connectivity index (χ1n) is 34.1. The molecule has 0 radical (unpaired) electrons. The van der Waals surface area contributed by atoms with E-state index in [2.05, 4.69) is 31.3 Å². The summed E-state index contributed by atoms with van der Waals surface area (Å²) in [7, 11) is 0. The zero-order valence-corrected chi connectivity index (χ0v) is 52.6. The quantitative estimate of drug-likeness (QED) is 0.0201. The second-order valence-electron chi connectivity index (χ2n) is 24.6. The second-order valence-corrected chi connectivity index (χ2v) is 24.6. The predicted molar refractivity (Wildman–Crippen MR) is 328 cm³/mol. The monoisotopic (exact) mass is 1220 g/mol. The Morgan fingerprint density at radius 2 is 0.741 bits per heavy atom. The maximum Gasteiger partial charge on any atom is 0.220 e. The van der Waals surface area contributed by atoms with E-state index in [4.69, 9.17) is 28.4 Å². The normalized spacial score (nSPS) is 29.1. The van der Waals surface area contributed by atoms with Gasteiger partial charge in [0.1, 0.15) is 73.2 Å². The van der Waals surface area contributed by atoms with Gasteiger partial charge in [0, 0.05) is 6.42 Å². The van der Waals surface area contributed by atoms with Crippen molar-refractivity contribution >= 4 is 5.91 Å². The predicted octanol–water partition coefficient (Wildman–Crippen LogP) is 8.27. The highest BCUT2D eigenvalue weighted by molar-refractivity contribution is 5.76. The number of amides is 1. The lowest BCUT2D eigenvalue weighted by Gasteiger charge is -2.48. The van der Waals surface area contributed by atoms with Crippen LogP contribution >= 0.6 is 0 Å². The topological polar surface area (TPSA) is 307 Å². The van der Waals surface area contributed by atoms with E-state index in [0.717, 1.165) is 57.8 Å². The van der Waals surface area contributed by atoms with Crippen LogP contribution in [-0.2, 0) is 33.2 Å². The SMILES string of the molecule is CCCCCCCC/C=C\CCCCCCCCCC(=O)NC(COC1OC(CO)C(OC2OC(CO)C(OC3OC(CO)C(O)C(O)C3O)C(O)C2O)C(O)C1O)C(O)/C=C/CCCCCCCCCCCCCCCCCCCCCCC. The number of unbranched alkanes of at least 4 members (excludes halogenated alkanes) is 34. The van der Waals surface area contributed by atoms with Gasteiger partial charge < -0.3 is 89.9 Å². The van der Waals surface area contributed by atoms with Crippen LogP contribution in [0.2, 0.25) is 0 Å². The molecule has 1 amide bonds. The summed E-state index contributed by atoms with van der Waals surface area (Å²) in [6, 6.07) is -0.973. The minimum atomic E-state index is -1.98. The van der Waals surface area contributed by atoms with Gasteiger partial charge in [-0.2, -0.15) is 0 Å². The summed E-state index contributed by atoms with van der Waals surface area (Å²) in [4.78, 5) is 13.4. The molecule has 12 N–H and O–H groups in total. The highest BCUT2D eigenvalue weighted by Gasteiger charge is 2.53. The number of allylic oxidation sites excluding steroid dienone is 3. The fraction of sp³-hybridized carbons (Fsp3) is 0.924. The first-order chi connectivity index (χ1) is 41.3. The van der Waals surface area contributed by atoms with E-state index < -0.39 is 124 Å². The maximum absolute atomic E-state index is 13.4. The molecule has 85 heavy (non-hydrogen) atoms. The summed E-state index contributed by atoms with van der Waals surface area (Å²) in [5.41, 5.74) is 0. The Kier molecular flexibility index (Phi) is 44.7. The summed E-state index contributed by atoms with van der Waals surface area (Å²) in [5, 5.41) is 120. The lowest BCUT2D eigenvalue weighted by Crippen LogP contribution is -2.66. The summed E-state index contributed by atoms with van der Waals surface area (Å²) in [6.07, 6.45) is 27.2.